The molecule has 3 heterocycles. The third kappa shape index (κ3) is 1.62. The number of fused-ring (bicyclic) bond motifs is 1. The van der Waals surface area contributed by atoms with Crippen molar-refractivity contribution in [3.63, 3.8) is 0 Å². The quantitative estimate of drug-likeness (QED) is 0.835. The molecular weight excluding hydrogens is 236 g/mol. The minimum atomic E-state index is -1.07. The van der Waals surface area contributed by atoms with E-state index in [1.54, 1.807) is 10.5 Å². The number of pyridine rings is 1. The van der Waals surface area contributed by atoms with Gasteiger partial charge in [0.2, 0.25) is 0 Å². The van der Waals surface area contributed by atoms with Gasteiger partial charge in [-0.25, -0.2) is 9.78 Å². The number of ether oxygens (including phenoxy) is 1. The second-order valence-corrected chi connectivity index (χ2v) is 4.33. The molecule has 94 valence electrons. The zero-order valence-corrected chi connectivity index (χ0v) is 9.54. The van der Waals surface area contributed by atoms with Crippen molar-refractivity contribution in [1.82, 2.24) is 9.38 Å². The highest BCUT2D eigenvalue weighted by atomic mass is 16.5. The lowest BCUT2D eigenvalue weighted by atomic mass is 10.1. The summed E-state index contributed by atoms with van der Waals surface area (Å²) in [5, 5.41) is 18.7. The molecule has 2 aromatic rings. The van der Waals surface area contributed by atoms with Crippen molar-refractivity contribution >= 4 is 11.5 Å². The number of imidazole rings is 1. The normalized spacial score (nSPS) is 19.4. The number of aromatic carboxylic acids is 1. The molecular formula is C12H12N2O4. The Hall–Kier alpha value is -2.08. The van der Waals surface area contributed by atoms with Crippen LogP contribution < -0.4 is 0 Å². The van der Waals surface area contributed by atoms with Gasteiger partial charge in [0.25, 0.3) is 0 Å². The van der Waals surface area contributed by atoms with E-state index < -0.39 is 5.97 Å². The Morgan fingerprint density at radius 1 is 1.50 bits per heavy atom. The molecule has 3 rings (SSSR count). The van der Waals surface area contributed by atoms with E-state index in [9.17, 15) is 9.90 Å². The van der Waals surface area contributed by atoms with Crippen LogP contribution in [0.25, 0.3) is 5.52 Å². The van der Waals surface area contributed by atoms with Crippen LogP contribution in [0.4, 0.5) is 0 Å². The molecule has 1 aliphatic heterocycles. The first-order valence-electron chi connectivity index (χ1n) is 5.69. The van der Waals surface area contributed by atoms with Crippen molar-refractivity contribution < 1.29 is 19.7 Å². The van der Waals surface area contributed by atoms with Crippen LogP contribution in [0.15, 0.2) is 18.3 Å². The highest BCUT2D eigenvalue weighted by Crippen LogP contribution is 2.28. The van der Waals surface area contributed by atoms with Crippen LogP contribution in [0.2, 0.25) is 0 Å². The lowest BCUT2D eigenvalue weighted by molar-refractivity contribution is 0.0693. The summed E-state index contributed by atoms with van der Waals surface area (Å²) in [6, 6.07) is 3.02. The number of rotatable bonds is 2. The molecule has 0 radical (unpaired) electrons. The highest BCUT2D eigenvalue weighted by molar-refractivity contribution is 5.93. The average molecular weight is 248 g/mol. The minimum Gasteiger partial charge on any atom is -0.506 e. The molecule has 0 spiro atoms. The number of hydrogen-bond acceptors (Lipinski definition) is 4. The van der Waals surface area contributed by atoms with E-state index in [-0.39, 0.29) is 17.4 Å². The maximum absolute atomic E-state index is 11.2. The Morgan fingerprint density at radius 2 is 2.33 bits per heavy atom. The third-order valence-electron chi connectivity index (χ3n) is 3.15. The van der Waals surface area contributed by atoms with Gasteiger partial charge >= 0.3 is 5.97 Å². The zero-order chi connectivity index (χ0) is 12.7. The molecule has 18 heavy (non-hydrogen) atoms. The number of carbonyl (C=O) groups is 1. The van der Waals surface area contributed by atoms with E-state index in [4.69, 9.17) is 9.84 Å². The first-order valence-corrected chi connectivity index (χ1v) is 5.69. The molecule has 6 heteroatoms. The van der Waals surface area contributed by atoms with Gasteiger partial charge in [-0.2, -0.15) is 0 Å². The Balaban J connectivity index is 2.23. The van der Waals surface area contributed by atoms with Gasteiger partial charge < -0.3 is 14.9 Å². The van der Waals surface area contributed by atoms with Crippen LogP contribution in [-0.2, 0) is 4.74 Å². The van der Waals surface area contributed by atoms with E-state index >= 15 is 0 Å². The summed E-state index contributed by atoms with van der Waals surface area (Å²) in [6.07, 6.45) is 2.30. The Bertz CT molecular complexity index is 614. The van der Waals surface area contributed by atoms with Gasteiger partial charge in [0.05, 0.1) is 18.3 Å². The predicted molar refractivity (Wildman–Crippen MR) is 62.0 cm³/mol. The van der Waals surface area contributed by atoms with E-state index in [1.165, 1.54) is 12.3 Å². The van der Waals surface area contributed by atoms with Crippen LogP contribution in [0, 0.1) is 0 Å². The van der Waals surface area contributed by atoms with E-state index in [0.29, 0.717) is 24.6 Å². The molecule has 1 saturated heterocycles. The first-order chi connectivity index (χ1) is 8.66. The highest BCUT2D eigenvalue weighted by Gasteiger charge is 2.26. The van der Waals surface area contributed by atoms with Crippen molar-refractivity contribution in [2.45, 2.75) is 12.3 Å². The molecule has 0 amide bonds. The van der Waals surface area contributed by atoms with Gasteiger partial charge in [-0.05, 0) is 18.6 Å². The maximum atomic E-state index is 11.2. The monoisotopic (exact) mass is 248 g/mol. The number of hydrogen-bond donors (Lipinski definition) is 2. The molecule has 0 bridgehead atoms. The van der Waals surface area contributed by atoms with Gasteiger partial charge in [-0.3, -0.25) is 4.40 Å². The lowest BCUT2D eigenvalue weighted by Crippen LogP contribution is -2.04. The topological polar surface area (TPSA) is 84.1 Å². The van der Waals surface area contributed by atoms with E-state index in [1.807, 2.05) is 0 Å². The summed E-state index contributed by atoms with van der Waals surface area (Å²) in [6.45, 7) is 1.19. The van der Waals surface area contributed by atoms with Crippen molar-refractivity contribution in [3.05, 3.63) is 29.8 Å². The fourth-order valence-corrected chi connectivity index (χ4v) is 2.28. The lowest BCUT2D eigenvalue weighted by Gasteiger charge is -2.06. The third-order valence-corrected chi connectivity index (χ3v) is 3.15. The smallest absolute Gasteiger partial charge is 0.356 e. The van der Waals surface area contributed by atoms with Crippen LogP contribution >= 0.6 is 0 Å². The standard InChI is InChI=1S/C12H12N2O4/c15-8-1-2-9-10(12(16)17)13-11(14(9)5-8)7-3-4-18-6-7/h1-2,5,7,15H,3-4,6H2,(H,16,17). The molecule has 0 saturated carbocycles. The first kappa shape index (κ1) is 11.0. The molecule has 2 aromatic heterocycles. The van der Waals surface area contributed by atoms with Crippen molar-refractivity contribution in [2.75, 3.05) is 13.2 Å². The fourth-order valence-electron chi connectivity index (χ4n) is 2.28. The Labute approximate surface area is 102 Å². The molecule has 1 unspecified atom stereocenters. The van der Waals surface area contributed by atoms with Crippen LogP contribution in [-0.4, -0.2) is 38.8 Å². The summed E-state index contributed by atoms with van der Waals surface area (Å²) in [5.74, 6) is -0.274. The zero-order valence-electron chi connectivity index (χ0n) is 9.54. The van der Waals surface area contributed by atoms with Crippen LogP contribution in [0.5, 0.6) is 5.75 Å². The Kier molecular flexibility index (Phi) is 2.45. The molecule has 1 aliphatic rings. The molecule has 6 nitrogen and oxygen atoms in total. The molecule has 1 fully saturated rings. The summed E-state index contributed by atoms with van der Waals surface area (Å²) in [5.41, 5.74) is 0.499. The van der Waals surface area contributed by atoms with Gasteiger partial charge in [0.15, 0.2) is 5.69 Å². The molecule has 2 N–H and O–H groups in total. The van der Waals surface area contributed by atoms with Gasteiger partial charge in [0, 0.05) is 12.5 Å². The van der Waals surface area contributed by atoms with E-state index in [0.717, 1.165) is 6.42 Å². The predicted octanol–water partition coefficient (Wildman–Crippen LogP) is 1.24. The van der Waals surface area contributed by atoms with Gasteiger partial charge in [0.1, 0.15) is 11.6 Å². The largest absolute Gasteiger partial charge is 0.506 e. The second-order valence-electron chi connectivity index (χ2n) is 4.33. The molecule has 0 aliphatic carbocycles. The average Bonchev–Trinajstić information content (AvgIpc) is 2.93. The summed E-state index contributed by atoms with van der Waals surface area (Å²) >= 11 is 0. The SMILES string of the molecule is O=C(O)c1nc(C2CCOC2)n2cc(O)ccc12. The number of carboxylic acid groups (broad SMARTS) is 1. The minimum absolute atomic E-state index is 0.0110. The van der Waals surface area contributed by atoms with Gasteiger partial charge in [-0.1, -0.05) is 0 Å². The summed E-state index contributed by atoms with van der Waals surface area (Å²) in [4.78, 5) is 15.3. The van der Waals surface area contributed by atoms with Crippen molar-refractivity contribution in [2.24, 2.45) is 0 Å². The Morgan fingerprint density at radius 3 is 3.00 bits per heavy atom. The molecule has 1 atom stereocenters. The van der Waals surface area contributed by atoms with Crippen molar-refractivity contribution in [1.29, 1.82) is 0 Å². The number of aromatic nitrogens is 2. The fraction of sp³-hybridized carbons (Fsp3) is 0.333. The summed E-state index contributed by atoms with van der Waals surface area (Å²) in [7, 11) is 0. The van der Waals surface area contributed by atoms with E-state index in [2.05, 4.69) is 4.98 Å². The maximum Gasteiger partial charge on any atom is 0.356 e. The number of aromatic hydroxyl groups is 1. The molecule has 0 aromatic carbocycles. The number of nitrogens with zero attached hydrogens (tertiary/aromatic N) is 2. The van der Waals surface area contributed by atoms with Gasteiger partial charge in [-0.15, -0.1) is 0 Å². The van der Waals surface area contributed by atoms with Crippen molar-refractivity contribution in [3.8, 4) is 5.75 Å². The van der Waals surface area contributed by atoms with Crippen LogP contribution in [0.1, 0.15) is 28.7 Å². The van der Waals surface area contributed by atoms with Crippen LogP contribution in [0.3, 0.4) is 0 Å². The number of carboxylic acids is 1. The second kappa shape index (κ2) is 3.99. The summed E-state index contributed by atoms with van der Waals surface area (Å²) < 4.78 is 6.93.